The molecule has 1 aliphatic carbocycles. The first-order chi connectivity index (χ1) is 26.7. The highest BCUT2D eigenvalue weighted by atomic mass is 15.0. The summed E-state index contributed by atoms with van der Waals surface area (Å²) in [6, 6.07) is 57.7. The van der Waals surface area contributed by atoms with Crippen molar-refractivity contribution in [3.05, 3.63) is 188 Å². The molecule has 10 rings (SSSR count). The number of allylic oxidation sites excluding steroid dienone is 4. The average Bonchev–Trinajstić information content (AvgIpc) is 3.60. The number of pyridine rings is 1. The standard InChI is InChI=1S/C50H36N4/c1-33-20-22-37(23-21-33)45-32-44(36-12-4-2-5-13-36)52-50(53-45)39-30-26-35(27-31-39)34-24-28-38(29-25-34)48-47-42-17-9-11-19-46(42)54(40-14-6-3-7-15-40)49(47)41-16-8-10-18-43(41)51-48/h2-20,22-33H,21H2,1H3. The molecule has 0 saturated heterocycles. The average molecular weight is 693 g/mol. The van der Waals surface area contributed by atoms with Crippen LogP contribution >= 0.6 is 0 Å². The number of nitrogens with zero attached hydrogens (tertiary/aromatic N) is 4. The molecular weight excluding hydrogens is 657 g/mol. The topological polar surface area (TPSA) is 43.6 Å². The molecule has 3 aromatic heterocycles. The van der Waals surface area contributed by atoms with Crippen molar-refractivity contribution in [3.8, 4) is 50.7 Å². The second-order valence-electron chi connectivity index (χ2n) is 14.1. The Hall–Kier alpha value is -6.91. The van der Waals surface area contributed by atoms with E-state index in [9.17, 15) is 0 Å². The molecule has 0 bridgehead atoms. The highest BCUT2D eigenvalue weighted by Gasteiger charge is 2.20. The summed E-state index contributed by atoms with van der Waals surface area (Å²) in [6.45, 7) is 2.24. The number of hydrogen-bond acceptors (Lipinski definition) is 3. The molecule has 0 aliphatic heterocycles. The van der Waals surface area contributed by atoms with Crippen LogP contribution in [0.4, 0.5) is 0 Å². The van der Waals surface area contributed by atoms with E-state index in [0.717, 1.165) is 84.7 Å². The Morgan fingerprint density at radius 1 is 0.537 bits per heavy atom. The summed E-state index contributed by atoms with van der Waals surface area (Å²) in [7, 11) is 0. The second-order valence-corrected chi connectivity index (χ2v) is 14.1. The molecular formula is C50H36N4. The van der Waals surface area contributed by atoms with Crippen LogP contribution in [0.15, 0.2) is 182 Å². The minimum Gasteiger partial charge on any atom is -0.308 e. The van der Waals surface area contributed by atoms with Crippen LogP contribution in [0.1, 0.15) is 19.0 Å². The van der Waals surface area contributed by atoms with E-state index in [0.29, 0.717) is 5.92 Å². The molecule has 9 aromatic rings. The van der Waals surface area contributed by atoms with Crippen molar-refractivity contribution in [1.82, 2.24) is 19.5 Å². The van der Waals surface area contributed by atoms with E-state index in [-0.39, 0.29) is 0 Å². The summed E-state index contributed by atoms with van der Waals surface area (Å²) in [6.07, 6.45) is 7.76. The van der Waals surface area contributed by atoms with Crippen molar-refractivity contribution in [2.45, 2.75) is 13.3 Å². The molecule has 6 aromatic carbocycles. The quantitative estimate of drug-likeness (QED) is 0.174. The number of hydrogen-bond donors (Lipinski definition) is 0. The van der Waals surface area contributed by atoms with Crippen LogP contribution < -0.4 is 0 Å². The summed E-state index contributed by atoms with van der Waals surface area (Å²) < 4.78 is 2.39. The van der Waals surface area contributed by atoms with E-state index >= 15 is 0 Å². The van der Waals surface area contributed by atoms with Gasteiger partial charge in [0.2, 0.25) is 0 Å². The van der Waals surface area contributed by atoms with Gasteiger partial charge in [0.1, 0.15) is 0 Å². The van der Waals surface area contributed by atoms with E-state index in [1.165, 1.54) is 16.4 Å². The van der Waals surface area contributed by atoms with E-state index in [1.54, 1.807) is 0 Å². The molecule has 0 N–H and O–H groups in total. The summed E-state index contributed by atoms with van der Waals surface area (Å²) in [5, 5.41) is 3.49. The zero-order chi connectivity index (χ0) is 36.0. The summed E-state index contributed by atoms with van der Waals surface area (Å²) in [5.41, 5.74) is 13.9. The SMILES string of the molecule is CC1C=CC(c2cc(-c3ccccc3)nc(-c3ccc(-c4ccc(-c5nc6ccccc6c6c5c5ccccc5n6-c5ccccc5)cc4)cc3)n2)=CC1. The van der Waals surface area contributed by atoms with Crippen LogP contribution in [0.25, 0.3) is 89.0 Å². The first kappa shape index (κ1) is 31.8. The van der Waals surface area contributed by atoms with Gasteiger partial charge in [-0.2, -0.15) is 0 Å². The number of aromatic nitrogens is 4. The lowest BCUT2D eigenvalue weighted by molar-refractivity contribution is 0.738. The number of benzene rings is 6. The summed E-state index contributed by atoms with van der Waals surface area (Å²) in [5.74, 6) is 1.26. The molecule has 1 aliphatic rings. The Labute approximate surface area is 314 Å². The number of rotatable bonds is 6. The van der Waals surface area contributed by atoms with Gasteiger partial charge in [-0.05, 0) is 59.4 Å². The van der Waals surface area contributed by atoms with E-state index in [2.05, 4.69) is 187 Å². The van der Waals surface area contributed by atoms with Crippen LogP contribution in [0.3, 0.4) is 0 Å². The van der Waals surface area contributed by atoms with Gasteiger partial charge >= 0.3 is 0 Å². The number of para-hydroxylation sites is 3. The minimum absolute atomic E-state index is 0.539. The molecule has 4 heteroatoms. The largest absolute Gasteiger partial charge is 0.308 e. The molecule has 0 radical (unpaired) electrons. The zero-order valence-electron chi connectivity index (χ0n) is 29.9. The van der Waals surface area contributed by atoms with Crippen molar-refractivity contribution >= 4 is 38.3 Å². The molecule has 1 unspecified atom stereocenters. The Kier molecular flexibility index (Phi) is 7.80. The van der Waals surface area contributed by atoms with Crippen LogP contribution in [0.2, 0.25) is 0 Å². The van der Waals surface area contributed by atoms with Gasteiger partial charge in [0.05, 0.1) is 33.6 Å². The lowest BCUT2D eigenvalue weighted by Crippen LogP contribution is -2.00. The maximum absolute atomic E-state index is 5.32. The second kappa shape index (κ2) is 13.3. The Morgan fingerprint density at radius 2 is 1.15 bits per heavy atom. The molecule has 3 heterocycles. The fourth-order valence-electron chi connectivity index (χ4n) is 7.77. The molecule has 1 atom stereocenters. The van der Waals surface area contributed by atoms with Gasteiger partial charge in [-0.3, -0.25) is 0 Å². The Balaban J connectivity index is 1.04. The third-order valence-corrected chi connectivity index (χ3v) is 10.6. The van der Waals surface area contributed by atoms with Crippen molar-refractivity contribution in [2.75, 3.05) is 0 Å². The number of fused-ring (bicyclic) bond motifs is 5. The van der Waals surface area contributed by atoms with Crippen LogP contribution in [-0.4, -0.2) is 19.5 Å². The monoisotopic (exact) mass is 692 g/mol. The normalized spacial score (nSPS) is 14.2. The predicted molar refractivity (Wildman–Crippen MR) is 224 cm³/mol. The van der Waals surface area contributed by atoms with Crippen molar-refractivity contribution < 1.29 is 0 Å². The van der Waals surface area contributed by atoms with Crippen molar-refractivity contribution in [2.24, 2.45) is 5.92 Å². The Bertz CT molecular complexity index is 2880. The van der Waals surface area contributed by atoms with E-state index < -0.39 is 0 Å². The van der Waals surface area contributed by atoms with Gasteiger partial charge in [-0.15, -0.1) is 0 Å². The third kappa shape index (κ3) is 5.60. The highest BCUT2D eigenvalue weighted by Crippen LogP contribution is 2.41. The minimum atomic E-state index is 0.539. The molecule has 256 valence electrons. The predicted octanol–water partition coefficient (Wildman–Crippen LogP) is 12.8. The Morgan fingerprint density at radius 3 is 1.87 bits per heavy atom. The maximum atomic E-state index is 5.32. The first-order valence-corrected chi connectivity index (χ1v) is 18.6. The fraction of sp³-hybridized carbons (Fsp3) is 0.0600. The third-order valence-electron chi connectivity index (χ3n) is 10.6. The van der Waals surface area contributed by atoms with Gasteiger partial charge < -0.3 is 4.57 Å². The van der Waals surface area contributed by atoms with Gasteiger partial charge in [0.15, 0.2) is 5.82 Å². The van der Waals surface area contributed by atoms with E-state index in [4.69, 9.17) is 15.0 Å². The molecule has 4 nitrogen and oxygen atoms in total. The van der Waals surface area contributed by atoms with Crippen molar-refractivity contribution in [1.29, 1.82) is 0 Å². The molecule has 54 heavy (non-hydrogen) atoms. The van der Waals surface area contributed by atoms with Gasteiger partial charge in [-0.1, -0.05) is 159 Å². The summed E-state index contributed by atoms with van der Waals surface area (Å²) >= 11 is 0. The molecule has 0 fully saturated rings. The van der Waals surface area contributed by atoms with Gasteiger partial charge in [-0.25, -0.2) is 15.0 Å². The van der Waals surface area contributed by atoms with Gasteiger partial charge in [0.25, 0.3) is 0 Å². The van der Waals surface area contributed by atoms with Crippen molar-refractivity contribution in [3.63, 3.8) is 0 Å². The summed E-state index contributed by atoms with van der Waals surface area (Å²) in [4.78, 5) is 15.4. The fourth-order valence-corrected chi connectivity index (χ4v) is 7.77. The van der Waals surface area contributed by atoms with E-state index in [1.807, 2.05) is 6.07 Å². The van der Waals surface area contributed by atoms with Crippen LogP contribution in [0.5, 0.6) is 0 Å². The lowest BCUT2D eigenvalue weighted by Gasteiger charge is -2.14. The van der Waals surface area contributed by atoms with Crippen LogP contribution in [0, 0.1) is 5.92 Å². The smallest absolute Gasteiger partial charge is 0.160 e. The molecule has 0 spiro atoms. The first-order valence-electron chi connectivity index (χ1n) is 18.6. The maximum Gasteiger partial charge on any atom is 0.160 e. The molecule has 0 saturated carbocycles. The lowest BCUT2D eigenvalue weighted by atomic mass is 9.96. The molecule has 0 amide bonds. The zero-order valence-corrected chi connectivity index (χ0v) is 29.9. The highest BCUT2D eigenvalue weighted by molar-refractivity contribution is 6.22. The van der Waals surface area contributed by atoms with Crippen LogP contribution in [-0.2, 0) is 0 Å². The van der Waals surface area contributed by atoms with Gasteiger partial charge in [0, 0.05) is 38.5 Å².